The lowest BCUT2D eigenvalue weighted by molar-refractivity contribution is -0.142. The highest BCUT2D eigenvalue weighted by Crippen LogP contribution is 2.46. The molecule has 2 heterocycles. The second-order valence-electron chi connectivity index (χ2n) is 14.9. The molecule has 0 spiro atoms. The van der Waals surface area contributed by atoms with Gasteiger partial charge in [-0.3, -0.25) is 19.1 Å². The van der Waals surface area contributed by atoms with E-state index in [1.807, 2.05) is 20.8 Å². The number of nitrogens with one attached hydrogen (secondary N) is 3. The van der Waals surface area contributed by atoms with Gasteiger partial charge in [0.2, 0.25) is 21.8 Å². The van der Waals surface area contributed by atoms with Crippen LogP contribution >= 0.6 is 11.6 Å². The van der Waals surface area contributed by atoms with Crippen molar-refractivity contribution in [2.75, 3.05) is 6.54 Å². The zero-order valence-electron chi connectivity index (χ0n) is 28.4. The molecule has 4 aliphatic rings. The molecule has 4 amide bonds. The number of hydrogen-bond acceptors (Lipinski definition) is 9. The Kier molecular flexibility index (Phi) is 9.76. The van der Waals surface area contributed by atoms with Crippen LogP contribution in [0.2, 0.25) is 5.02 Å². The number of aromatic nitrogens is 3. The fraction of sp³-hybridized carbons (Fsp3) is 0.588. The van der Waals surface area contributed by atoms with Gasteiger partial charge in [0.15, 0.2) is 0 Å². The maximum atomic E-state index is 14.5. The molecule has 1 aromatic carbocycles. The first-order valence-corrected chi connectivity index (χ1v) is 19.0. The maximum absolute atomic E-state index is 14.5. The van der Waals surface area contributed by atoms with Crippen LogP contribution in [0.1, 0.15) is 78.2 Å². The lowest BCUT2D eigenvalue weighted by atomic mass is 9.85. The highest BCUT2D eigenvalue weighted by atomic mass is 35.5. The van der Waals surface area contributed by atoms with Gasteiger partial charge in [-0.1, -0.05) is 55.8 Å². The summed E-state index contributed by atoms with van der Waals surface area (Å²) in [6, 6.07) is 4.43. The third-order valence-corrected chi connectivity index (χ3v) is 12.2. The number of hydrogen-bond donors (Lipinski definition) is 3. The molecule has 6 rings (SSSR count). The first-order valence-electron chi connectivity index (χ1n) is 17.1. The van der Waals surface area contributed by atoms with E-state index in [2.05, 4.69) is 32.2 Å². The SMILES string of the molecule is C=C[C@@H]1C[C@]1(NC(=O)[C@@H]1C[C@@H](n2cc(-c3ccc(Cl)cc3)nn2)CN1C(=O)[C@@H](NC(=O)OC1CCCC1)C(C)(C)C)C(=O)NS(=O)(=O)C1CC1. The van der Waals surface area contributed by atoms with Gasteiger partial charge in [0.25, 0.3) is 5.91 Å². The van der Waals surface area contributed by atoms with Gasteiger partial charge >= 0.3 is 6.09 Å². The lowest BCUT2D eigenvalue weighted by Gasteiger charge is -2.35. The van der Waals surface area contributed by atoms with Crippen LogP contribution in [0.3, 0.4) is 0 Å². The van der Waals surface area contributed by atoms with Crippen LogP contribution in [0.15, 0.2) is 43.1 Å². The Balaban J connectivity index is 1.26. The molecule has 0 radical (unpaired) electrons. The summed E-state index contributed by atoms with van der Waals surface area (Å²) in [5, 5.41) is 14.1. The Bertz CT molecular complexity index is 1770. The molecular weight excluding hydrogens is 686 g/mol. The van der Waals surface area contributed by atoms with Gasteiger partial charge < -0.3 is 20.3 Å². The van der Waals surface area contributed by atoms with Crippen molar-refractivity contribution in [1.29, 1.82) is 0 Å². The third kappa shape index (κ3) is 7.53. The Morgan fingerprint density at radius 2 is 1.78 bits per heavy atom. The number of amides is 4. The standard InChI is InChI=1S/C34H44ClN7O7S/c1-5-21-17-34(21,31(45)39-50(47,48)25-14-15-25)37-29(43)27-16-23(42-19-26(38-40-42)20-10-12-22(35)13-11-20)18-41(27)30(44)28(33(2,3)4)36-32(46)49-24-8-6-7-9-24/h5,10-13,19,21,23-25,27-28H,1,6-9,14-18H2,2-4H3,(H,36,46)(H,37,43)(H,39,45)/t21-,23-,27+,28-,34-/m1/s1. The molecule has 270 valence electrons. The van der Waals surface area contributed by atoms with Crippen molar-refractivity contribution in [3.05, 3.63) is 48.1 Å². The quantitative estimate of drug-likeness (QED) is 0.292. The molecule has 5 atom stereocenters. The van der Waals surface area contributed by atoms with Crippen LogP contribution in [-0.2, 0) is 29.1 Å². The summed E-state index contributed by atoms with van der Waals surface area (Å²) in [4.78, 5) is 56.5. The molecule has 0 bridgehead atoms. The second kappa shape index (κ2) is 13.6. The minimum atomic E-state index is -3.88. The van der Waals surface area contributed by atoms with Crippen LogP contribution in [-0.4, -0.2) is 87.6 Å². The number of benzene rings is 1. The predicted octanol–water partition coefficient (Wildman–Crippen LogP) is 3.49. The van der Waals surface area contributed by atoms with Crippen molar-refractivity contribution in [3.63, 3.8) is 0 Å². The fourth-order valence-electron chi connectivity index (χ4n) is 6.85. The molecule has 4 fully saturated rings. The average Bonchev–Trinajstić information content (AvgIpc) is 3.82. The monoisotopic (exact) mass is 729 g/mol. The Labute approximate surface area is 296 Å². The number of rotatable bonds is 11. The Hall–Kier alpha value is -3.98. The molecule has 1 saturated heterocycles. The Morgan fingerprint density at radius 3 is 2.38 bits per heavy atom. The van der Waals surface area contributed by atoms with Gasteiger partial charge in [-0.25, -0.2) is 17.9 Å². The molecule has 3 aliphatic carbocycles. The van der Waals surface area contributed by atoms with Crippen molar-refractivity contribution in [1.82, 2.24) is 35.2 Å². The minimum Gasteiger partial charge on any atom is -0.446 e. The smallest absolute Gasteiger partial charge is 0.408 e. The van der Waals surface area contributed by atoms with Crippen molar-refractivity contribution < 1.29 is 32.3 Å². The molecule has 16 heteroatoms. The molecule has 14 nitrogen and oxygen atoms in total. The van der Waals surface area contributed by atoms with E-state index >= 15 is 0 Å². The highest BCUT2D eigenvalue weighted by Gasteiger charge is 2.62. The molecule has 1 aromatic heterocycles. The summed E-state index contributed by atoms with van der Waals surface area (Å²) < 4.78 is 34.7. The first-order chi connectivity index (χ1) is 23.6. The second-order valence-corrected chi connectivity index (χ2v) is 17.3. The number of ether oxygens (including phenoxy) is 1. The van der Waals surface area contributed by atoms with E-state index in [-0.39, 0.29) is 25.5 Å². The van der Waals surface area contributed by atoms with E-state index in [0.717, 1.165) is 31.2 Å². The highest BCUT2D eigenvalue weighted by molar-refractivity contribution is 7.91. The summed E-state index contributed by atoms with van der Waals surface area (Å²) in [5.41, 5.74) is -0.967. The molecular formula is C34H44ClN7O7S. The van der Waals surface area contributed by atoms with Crippen LogP contribution < -0.4 is 15.4 Å². The molecule has 0 unspecified atom stereocenters. The average molecular weight is 730 g/mol. The van der Waals surface area contributed by atoms with Crippen molar-refractivity contribution in [3.8, 4) is 11.3 Å². The van der Waals surface area contributed by atoms with Crippen molar-refractivity contribution >= 4 is 45.4 Å². The van der Waals surface area contributed by atoms with E-state index in [9.17, 15) is 27.6 Å². The molecule has 2 aromatic rings. The normalized spacial score (nSPS) is 25.8. The van der Waals surface area contributed by atoms with Crippen LogP contribution in [0.5, 0.6) is 0 Å². The van der Waals surface area contributed by atoms with E-state index < -0.39 is 74.1 Å². The zero-order chi connectivity index (χ0) is 36.0. The van der Waals surface area contributed by atoms with Gasteiger partial charge in [0, 0.05) is 29.5 Å². The number of carbonyl (C=O) groups is 4. The first kappa shape index (κ1) is 35.8. The van der Waals surface area contributed by atoms with Crippen LogP contribution in [0.4, 0.5) is 4.79 Å². The summed E-state index contributed by atoms with van der Waals surface area (Å²) in [5.74, 6) is -2.48. The lowest BCUT2D eigenvalue weighted by Crippen LogP contribution is -2.60. The number of carbonyl (C=O) groups excluding carboxylic acids is 4. The largest absolute Gasteiger partial charge is 0.446 e. The summed E-state index contributed by atoms with van der Waals surface area (Å²) in [6.07, 6.45) is 6.96. The Morgan fingerprint density at radius 1 is 1.10 bits per heavy atom. The van der Waals surface area contributed by atoms with Crippen LogP contribution in [0, 0.1) is 11.3 Å². The van der Waals surface area contributed by atoms with Gasteiger partial charge in [-0.15, -0.1) is 11.7 Å². The van der Waals surface area contributed by atoms with Crippen molar-refractivity contribution in [2.45, 2.75) is 107 Å². The molecule has 3 N–H and O–H groups in total. The van der Waals surface area contributed by atoms with E-state index in [4.69, 9.17) is 16.3 Å². The van der Waals surface area contributed by atoms with Gasteiger partial charge in [-0.2, -0.15) is 0 Å². The molecule has 3 saturated carbocycles. The van der Waals surface area contributed by atoms with E-state index in [1.165, 1.54) is 11.0 Å². The van der Waals surface area contributed by atoms with E-state index in [0.29, 0.717) is 23.6 Å². The van der Waals surface area contributed by atoms with Crippen molar-refractivity contribution in [2.24, 2.45) is 11.3 Å². The number of alkyl carbamates (subject to hydrolysis) is 1. The minimum absolute atomic E-state index is 0.0480. The topological polar surface area (TPSA) is 182 Å². The maximum Gasteiger partial charge on any atom is 0.408 e. The number of sulfonamides is 1. The van der Waals surface area contributed by atoms with Gasteiger partial charge in [0.1, 0.15) is 29.4 Å². The summed E-state index contributed by atoms with van der Waals surface area (Å²) in [6.45, 7) is 9.24. The van der Waals surface area contributed by atoms with E-state index in [1.54, 1.807) is 35.1 Å². The number of nitrogens with zero attached hydrogens (tertiary/aromatic N) is 4. The van der Waals surface area contributed by atoms with Gasteiger partial charge in [-0.05, 0) is 62.5 Å². The fourth-order valence-corrected chi connectivity index (χ4v) is 8.34. The summed E-state index contributed by atoms with van der Waals surface area (Å²) in [7, 11) is -3.88. The summed E-state index contributed by atoms with van der Waals surface area (Å²) >= 11 is 6.06. The van der Waals surface area contributed by atoms with Gasteiger partial charge in [0.05, 0.1) is 17.5 Å². The zero-order valence-corrected chi connectivity index (χ0v) is 30.0. The molecule has 1 aliphatic heterocycles. The number of likely N-dealkylation sites (tertiary alicyclic amines) is 1. The van der Waals surface area contributed by atoms with Crippen LogP contribution in [0.25, 0.3) is 11.3 Å². The third-order valence-electron chi connectivity index (χ3n) is 10.1. The number of halogens is 1. The predicted molar refractivity (Wildman–Crippen MR) is 184 cm³/mol. The molecule has 50 heavy (non-hydrogen) atoms.